The number of aromatic amines is 1. The van der Waals surface area contributed by atoms with Crippen LogP contribution in [0.4, 0.5) is 13.2 Å². The van der Waals surface area contributed by atoms with E-state index in [0.717, 1.165) is 41.4 Å². The molecule has 0 bridgehead atoms. The quantitative estimate of drug-likeness (QED) is 0.676. The van der Waals surface area contributed by atoms with Crippen molar-refractivity contribution in [2.75, 3.05) is 13.7 Å². The van der Waals surface area contributed by atoms with Crippen molar-refractivity contribution in [1.29, 1.82) is 0 Å². The summed E-state index contributed by atoms with van der Waals surface area (Å²) in [6.07, 6.45) is -3.37. The zero-order valence-electron chi connectivity index (χ0n) is 16.0. The maximum atomic E-state index is 12.6. The molecule has 1 aromatic heterocycles. The van der Waals surface area contributed by atoms with Gasteiger partial charge in [-0.2, -0.15) is 13.2 Å². The van der Waals surface area contributed by atoms with Gasteiger partial charge in [0.05, 0.1) is 31.2 Å². The fraction of sp³-hybridized carbons (Fsp3) is 0.318. The minimum atomic E-state index is -4.19. The Kier molecular flexibility index (Phi) is 5.32. The molecule has 1 aliphatic heterocycles. The first-order valence-electron chi connectivity index (χ1n) is 9.44. The highest BCUT2D eigenvalue weighted by molar-refractivity contribution is 5.38. The summed E-state index contributed by atoms with van der Waals surface area (Å²) in [5.74, 6) is 0.904. The van der Waals surface area contributed by atoms with Crippen molar-refractivity contribution in [3.05, 3.63) is 82.9 Å². The van der Waals surface area contributed by atoms with E-state index in [9.17, 15) is 13.2 Å². The summed E-state index contributed by atoms with van der Waals surface area (Å²) in [5.41, 5.74) is 4.50. The van der Waals surface area contributed by atoms with Crippen LogP contribution in [0.1, 0.15) is 34.0 Å². The lowest BCUT2D eigenvalue weighted by Crippen LogP contribution is -2.33. The van der Waals surface area contributed by atoms with Gasteiger partial charge in [-0.05, 0) is 28.8 Å². The van der Waals surface area contributed by atoms with Gasteiger partial charge in [-0.3, -0.25) is 4.90 Å². The molecule has 0 amide bonds. The van der Waals surface area contributed by atoms with Crippen LogP contribution in [-0.2, 0) is 19.5 Å². The van der Waals surface area contributed by atoms with Crippen molar-refractivity contribution < 1.29 is 17.9 Å². The highest BCUT2D eigenvalue weighted by Gasteiger charge is 2.30. The third kappa shape index (κ3) is 4.62. The van der Waals surface area contributed by atoms with Gasteiger partial charge in [0, 0.05) is 25.6 Å². The number of halogens is 3. The second-order valence-electron chi connectivity index (χ2n) is 7.37. The molecule has 29 heavy (non-hydrogen) atoms. The number of imidazole rings is 1. The molecule has 4 nitrogen and oxygen atoms in total. The van der Waals surface area contributed by atoms with Gasteiger partial charge in [-0.1, -0.05) is 36.4 Å². The van der Waals surface area contributed by atoms with Crippen molar-refractivity contribution in [2.45, 2.75) is 31.6 Å². The molecule has 0 spiro atoms. The molecule has 0 radical (unpaired) electrons. The first-order valence-corrected chi connectivity index (χ1v) is 9.44. The summed E-state index contributed by atoms with van der Waals surface area (Å²) in [6.45, 7) is 2.15. The summed E-state index contributed by atoms with van der Waals surface area (Å²) in [7, 11) is 1.65. The largest absolute Gasteiger partial charge is 0.497 e. The first-order chi connectivity index (χ1) is 13.9. The molecule has 2 heterocycles. The fourth-order valence-electron chi connectivity index (χ4n) is 3.89. The smallest absolute Gasteiger partial charge is 0.393 e. The summed E-state index contributed by atoms with van der Waals surface area (Å²) < 4.78 is 43.0. The first kappa shape index (κ1) is 19.5. The Hall–Kier alpha value is -2.80. The third-order valence-electron chi connectivity index (χ3n) is 5.23. The topological polar surface area (TPSA) is 41.1 Å². The van der Waals surface area contributed by atoms with E-state index in [2.05, 4.69) is 20.9 Å². The van der Waals surface area contributed by atoms with Crippen LogP contribution in [0.25, 0.3) is 0 Å². The molecule has 1 N–H and O–H groups in total. The van der Waals surface area contributed by atoms with Crippen LogP contribution in [0.3, 0.4) is 0 Å². The highest BCUT2D eigenvalue weighted by Crippen LogP contribution is 2.33. The number of nitrogens with one attached hydrogen (secondary N) is 1. The number of hydrogen-bond acceptors (Lipinski definition) is 3. The Balaban J connectivity index is 1.52. The Bertz CT molecular complexity index is 966. The Morgan fingerprint density at radius 2 is 1.90 bits per heavy atom. The van der Waals surface area contributed by atoms with Crippen LogP contribution in [-0.4, -0.2) is 34.7 Å². The van der Waals surface area contributed by atoms with Gasteiger partial charge in [0.2, 0.25) is 0 Å². The number of benzene rings is 2. The number of ether oxygens (including phenoxy) is 1. The van der Waals surface area contributed by atoms with E-state index in [-0.39, 0.29) is 11.5 Å². The second-order valence-corrected chi connectivity index (χ2v) is 7.37. The number of hydrogen-bond donors (Lipinski definition) is 1. The van der Waals surface area contributed by atoms with Crippen LogP contribution in [0.5, 0.6) is 5.75 Å². The average molecular weight is 401 g/mol. The van der Waals surface area contributed by atoms with Crippen LogP contribution in [0.2, 0.25) is 0 Å². The third-order valence-corrected chi connectivity index (χ3v) is 5.23. The van der Waals surface area contributed by atoms with E-state index in [1.165, 1.54) is 0 Å². The molecule has 0 aliphatic carbocycles. The summed E-state index contributed by atoms with van der Waals surface area (Å²) in [5, 5.41) is 0. The van der Waals surface area contributed by atoms with E-state index >= 15 is 0 Å². The molecule has 2 aromatic carbocycles. The summed E-state index contributed by atoms with van der Waals surface area (Å²) in [6, 6.07) is 14.7. The van der Waals surface area contributed by atoms with Crippen molar-refractivity contribution in [2.24, 2.45) is 0 Å². The number of methoxy groups -OCH3 is 1. The van der Waals surface area contributed by atoms with Gasteiger partial charge in [0.15, 0.2) is 0 Å². The second kappa shape index (κ2) is 7.91. The van der Waals surface area contributed by atoms with Crippen molar-refractivity contribution in [3.63, 3.8) is 0 Å². The van der Waals surface area contributed by atoms with Gasteiger partial charge >= 0.3 is 6.18 Å². The summed E-state index contributed by atoms with van der Waals surface area (Å²) in [4.78, 5) is 10.0. The number of rotatable bonds is 5. The molecular weight excluding hydrogens is 379 g/mol. The van der Waals surface area contributed by atoms with E-state index < -0.39 is 12.6 Å². The van der Waals surface area contributed by atoms with E-state index in [1.807, 2.05) is 18.2 Å². The monoisotopic (exact) mass is 401 g/mol. The highest BCUT2D eigenvalue weighted by atomic mass is 19.4. The normalized spacial score (nSPS) is 17.2. The lowest BCUT2D eigenvalue weighted by molar-refractivity contribution is -0.127. The predicted octanol–water partition coefficient (Wildman–Crippen LogP) is 4.67. The fourth-order valence-corrected chi connectivity index (χ4v) is 3.89. The zero-order chi connectivity index (χ0) is 20.4. The minimum absolute atomic E-state index is 0.101. The number of alkyl halides is 3. The van der Waals surface area contributed by atoms with Crippen LogP contribution in [0, 0.1) is 0 Å². The number of aromatic nitrogens is 2. The lowest BCUT2D eigenvalue weighted by Gasteiger charge is -2.32. The van der Waals surface area contributed by atoms with Crippen molar-refractivity contribution in [3.8, 4) is 5.75 Å². The van der Waals surface area contributed by atoms with Gasteiger partial charge in [-0.25, -0.2) is 4.98 Å². The maximum Gasteiger partial charge on any atom is 0.393 e. The van der Waals surface area contributed by atoms with E-state index in [4.69, 9.17) is 4.74 Å². The zero-order valence-corrected chi connectivity index (χ0v) is 16.0. The SMILES string of the molecule is COc1cccc(C2CN(Cc3ccc(CC(F)(F)F)cc3)Cc3[nH]cnc32)c1. The summed E-state index contributed by atoms with van der Waals surface area (Å²) >= 11 is 0. The van der Waals surface area contributed by atoms with Crippen LogP contribution >= 0.6 is 0 Å². The van der Waals surface area contributed by atoms with E-state index in [1.54, 1.807) is 37.7 Å². The van der Waals surface area contributed by atoms with Crippen LogP contribution < -0.4 is 4.74 Å². The molecule has 1 aliphatic rings. The maximum absolute atomic E-state index is 12.6. The standard InChI is InChI=1S/C22H22F3N3O/c1-29-18-4-2-3-17(9-18)19-12-28(13-20-21(19)27-14-26-20)11-16-7-5-15(6-8-16)10-22(23,24)25/h2-9,14,19H,10-13H2,1H3,(H,26,27). The molecule has 1 unspecified atom stereocenters. The molecule has 0 fully saturated rings. The van der Waals surface area contributed by atoms with Gasteiger partial charge in [0.25, 0.3) is 0 Å². The van der Waals surface area contributed by atoms with Crippen LogP contribution in [0.15, 0.2) is 54.9 Å². The van der Waals surface area contributed by atoms with Crippen molar-refractivity contribution >= 4 is 0 Å². The van der Waals surface area contributed by atoms with Gasteiger partial charge in [-0.15, -0.1) is 0 Å². The molecule has 0 saturated carbocycles. The Morgan fingerprint density at radius 1 is 1.14 bits per heavy atom. The number of fused-ring (bicyclic) bond motifs is 1. The number of nitrogens with zero attached hydrogens (tertiary/aromatic N) is 2. The number of H-pyrrole nitrogens is 1. The molecule has 7 heteroatoms. The molecule has 3 aromatic rings. The minimum Gasteiger partial charge on any atom is -0.497 e. The lowest BCUT2D eigenvalue weighted by atomic mass is 9.90. The molecule has 4 rings (SSSR count). The van der Waals surface area contributed by atoms with E-state index in [0.29, 0.717) is 6.54 Å². The average Bonchev–Trinajstić information content (AvgIpc) is 3.16. The molecule has 0 saturated heterocycles. The van der Waals surface area contributed by atoms with Gasteiger partial charge in [0.1, 0.15) is 5.75 Å². The molecular formula is C22H22F3N3O. The predicted molar refractivity (Wildman–Crippen MR) is 104 cm³/mol. The van der Waals surface area contributed by atoms with Crippen molar-refractivity contribution in [1.82, 2.24) is 14.9 Å². The Morgan fingerprint density at radius 3 is 2.62 bits per heavy atom. The molecule has 1 atom stereocenters. The Labute approximate surface area is 167 Å². The molecule has 152 valence electrons. The van der Waals surface area contributed by atoms with Gasteiger partial charge < -0.3 is 9.72 Å².